The van der Waals surface area contributed by atoms with Crippen molar-refractivity contribution in [3.8, 4) is 5.75 Å². The van der Waals surface area contributed by atoms with E-state index in [0.717, 1.165) is 11.3 Å². The molecule has 0 N–H and O–H groups in total. The highest BCUT2D eigenvalue weighted by atomic mass is 32.1. The van der Waals surface area contributed by atoms with Gasteiger partial charge < -0.3 is 14.4 Å². The number of anilines is 1. The zero-order chi connectivity index (χ0) is 19.7. The van der Waals surface area contributed by atoms with Crippen LogP contribution in [0.25, 0.3) is 0 Å². The Kier molecular flexibility index (Phi) is 5.15. The van der Waals surface area contributed by atoms with Gasteiger partial charge in [-0.15, -0.1) is 11.3 Å². The zero-order valence-electron chi connectivity index (χ0n) is 15.4. The number of Topliss-reactive ketones (excluding diaryl/α,β-unsaturated/α-hetero) is 1. The Hall–Kier alpha value is -2.71. The lowest BCUT2D eigenvalue weighted by Gasteiger charge is -2.37. The number of amides is 2. The Bertz CT molecular complexity index is 919. The second-order valence-corrected chi connectivity index (χ2v) is 7.73. The van der Waals surface area contributed by atoms with Crippen LogP contribution in [0.1, 0.15) is 26.3 Å². The van der Waals surface area contributed by atoms with E-state index < -0.39 is 6.10 Å². The molecule has 1 fully saturated rings. The zero-order valence-corrected chi connectivity index (χ0v) is 16.2. The van der Waals surface area contributed by atoms with Crippen molar-refractivity contribution in [2.45, 2.75) is 13.0 Å². The maximum absolute atomic E-state index is 13.2. The number of morpholine rings is 1. The first kappa shape index (κ1) is 18.6. The van der Waals surface area contributed by atoms with Crippen molar-refractivity contribution in [2.24, 2.45) is 0 Å². The molecular formula is C20H20N2O5S. The summed E-state index contributed by atoms with van der Waals surface area (Å²) in [6.45, 7) is 3.63. The van der Waals surface area contributed by atoms with Crippen molar-refractivity contribution < 1.29 is 23.9 Å². The molecule has 4 rings (SSSR count). The summed E-state index contributed by atoms with van der Waals surface area (Å²) in [4.78, 5) is 41.9. The first-order chi connectivity index (χ1) is 13.5. The van der Waals surface area contributed by atoms with Crippen LogP contribution in [0.15, 0.2) is 36.4 Å². The maximum Gasteiger partial charge on any atom is 0.268 e. The number of thiophene rings is 1. The number of carbonyl (C=O) groups excluding carboxylic acids is 3. The Labute approximate surface area is 166 Å². The average molecular weight is 400 g/mol. The summed E-state index contributed by atoms with van der Waals surface area (Å²) in [6, 6.07) is 10.5. The first-order valence-corrected chi connectivity index (χ1v) is 9.91. The van der Waals surface area contributed by atoms with Crippen LogP contribution < -0.4 is 9.64 Å². The van der Waals surface area contributed by atoms with Crippen LogP contribution in [0, 0.1) is 0 Å². The molecule has 0 radical (unpaired) electrons. The van der Waals surface area contributed by atoms with E-state index >= 15 is 0 Å². The van der Waals surface area contributed by atoms with Crippen LogP contribution in [0.4, 0.5) is 5.69 Å². The van der Waals surface area contributed by atoms with E-state index in [0.29, 0.717) is 47.5 Å². The molecule has 0 saturated carbocycles. The van der Waals surface area contributed by atoms with Crippen LogP contribution in [-0.4, -0.2) is 61.4 Å². The van der Waals surface area contributed by atoms with Gasteiger partial charge in [0.15, 0.2) is 11.9 Å². The van der Waals surface area contributed by atoms with Gasteiger partial charge in [-0.25, -0.2) is 0 Å². The van der Waals surface area contributed by atoms with Crippen LogP contribution >= 0.6 is 11.3 Å². The Morgan fingerprint density at radius 3 is 2.46 bits per heavy atom. The third-order valence-corrected chi connectivity index (χ3v) is 5.95. The lowest BCUT2D eigenvalue weighted by atomic mass is 10.1. The molecule has 7 nitrogen and oxygen atoms in total. The third-order valence-electron chi connectivity index (χ3n) is 4.78. The van der Waals surface area contributed by atoms with E-state index in [1.165, 1.54) is 6.92 Å². The molecule has 8 heteroatoms. The van der Waals surface area contributed by atoms with Gasteiger partial charge >= 0.3 is 0 Å². The van der Waals surface area contributed by atoms with Crippen LogP contribution in [-0.2, 0) is 9.53 Å². The molecule has 0 spiro atoms. The summed E-state index contributed by atoms with van der Waals surface area (Å²) < 4.78 is 11.2. The molecule has 0 aliphatic carbocycles. The van der Waals surface area contributed by atoms with Gasteiger partial charge in [-0.2, -0.15) is 0 Å². The van der Waals surface area contributed by atoms with Gasteiger partial charge in [-0.05, 0) is 31.2 Å². The fraction of sp³-hybridized carbons (Fsp3) is 0.350. The number of benzene rings is 1. The lowest BCUT2D eigenvalue weighted by Crippen LogP contribution is -2.54. The Morgan fingerprint density at radius 1 is 1.04 bits per heavy atom. The topological polar surface area (TPSA) is 76.2 Å². The summed E-state index contributed by atoms with van der Waals surface area (Å²) in [6.07, 6.45) is -0.774. The number of ketones is 1. The molecule has 1 aromatic carbocycles. The standard InChI is InChI=1S/C20H20N2O5S/c1-13(23)17-6-7-18(28-17)20(25)22-12-16(19(24)21-8-10-26-11-9-21)27-15-5-3-2-4-14(15)22/h2-7,16H,8-12H2,1H3/t16-/m1/s1. The predicted octanol–water partition coefficient (Wildman–Crippen LogP) is 2.22. The number of ether oxygens (including phenoxy) is 2. The minimum absolute atomic E-state index is 0.0770. The summed E-state index contributed by atoms with van der Waals surface area (Å²) in [7, 11) is 0. The molecule has 146 valence electrons. The van der Waals surface area contributed by atoms with E-state index in [9.17, 15) is 14.4 Å². The van der Waals surface area contributed by atoms with Crippen molar-refractivity contribution in [1.82, 2.24) is 4.90 Å². The molecule has 1 atom stereocenters. The highest BCUT2D eigenvalue weighted by Gasteiger charge is 2.37. The smallest absolute Gasteiger partial charge is 0.268 e. The monoisotopic (exact) mass is 400 g/mol. The van der Waals surface area contributed by atoms with Crippen molar-refractivity contribution in [3.63, 3.8) is 0 Å². The number of carbonyl (C=O) groups is 3. The molecule has 3 heterocycles. The highest BCUT2D eigenvalue weighted by molar-refractivity contribution is 7.16. The molecule has 2 aliphatic rings. The molecule has 0 bridgehead atoms. The van der Waals surface area contributed by atoms with Gasteiger partial charge in [0.05, 0.1) is 35.2 Å². The fourth-order valence-corrected chi connectivity index (χ4v) is 4.17. The SMILES string of the molecule is CC(=O)c1ccc(C(=O)N2C[C@H](C(=O)N3CCOCC3)Oc3ccccc32)s1. The minimum Gasteiger partial charge on any atom is -0.476 e. The number of rotatable bonds is 3. The molecular weight excluding hydrogens is 380 g/mol. The van der Waals surface area contributed by atoms with E-state index in [-0.39, 0.29) is 24.1 Å². The average Bonchev–Trinajstić information content (AvgIpc) is 3.23. The van der Waals surface area contributed by atoms with Crippen molar-refractivity contribution in [3.05, 3.63) is 46.2 Å². The minimum atomic E-state index is -0.774. The number of nitrogens with zero attached hydrogens (tertiary/aromatic N) is 2. The number of fused-ring (bicyclic) bond motifs is 1. The van der Waals surface area contributed by atoms with E-state index in [4.69, 9.17) is 9.47 Å². The van der Waals surface area contributed by atoms with E-state index in [2.05, 4.69) is 0 Å². The number of hydrogen-bond acceptors (Lipinski definition) is 6. The van der Waals surface area contributed by atoms with Gasteiger partial charge in [0.1, 0.15) is 5.75 Å². The number of hydrogen-bond donors (Lipinski definition) is 0. The molecule has 2 aromatic rings. The summed E-state index contributed by atoms with van der Waals surface area (Å²) in [5, 5.41) is 0. The summed E-state index contributed by atoms with van der Waals surface area (Å²) >= 11 is 1.16. The maximum atomic E-state index is 13.2. The van der Waals surface area contributed by atoms with Gasteiger partial charge in [0, 0.05) is 13.1 Å². The van der Waals surface area contributed by atoms with Crippen molar-refractivity contribution >= 4 is 34.6 Å². The largest absolute Gasteiger partial charge is 0.476 e. The van der Waals surface area contributed by atoms with Gasteiger partial charge in [0.2, 0.25) is 0 Å². The molecule has 2 aliphatic heterocycles. The third kappa shape index (κ3) is 3.53. The predicted molar refractivity (Wildman–Crippen MR) is 104 cm³/mol. The highest BCUT2D eigenvalue weighted by Crippen LogP contribution is 2.35. The molecule has 28 heavy (non-hydrogen) atoms. The van der Waals surface area contributed by atoms with Gasteiger partial charge in [-0.3, -0.25) is 19.3 Å². The molecule has 1 saturated heterocycles. The fourth-order valence-electron chi connectivity index (χ4n) is 3.32. The second-order valence-electron chi connectivity index (χ2n) is 6.65. The van der Waals surface area contributed by atoms with Gasteiger partial charge in [-0.1, -0.05) is 12.1 Å². The van der Waals surface area contributed by atoms with Crippen molar-refractivity contribution in [1.29, 1.82) is 0 Å². The molecule has 1 aromatic heterocycles. The normalized spacial score (nSPS) is 19.0. The molecule has 2 amide bonds. The summed E-state index contributed by atoms with van der Waals surface area (Å²) in [5.74, 6) is 0.0306. The second kappa shape index (κ2) is 7.73. The lowest BCUT2D eigenvalue weighted by molar-refractivity contribution is -0.142. The molecule has 0 unspecified atom stereocenters. The number of para-hydroxylation sites is 2. The van der Waals surface area contributed by atoms with E-state index in [1.54, 1.807) is 34.1 Å². The Morgan fingerprint density at radius 2 is 1.75 bits per heavy atom. The Balaban J connectivity index is 1.62. The van der Waals surface area contributed by atoms with Crippen LogP contribution in [0.5, 0.6) is 5.75 Å². The first-order valence-electron chi connectivity index (χ1n) is 9.09. The van der Waals surface area contributed by atoms with Crippen molar-refractivity contribution in [2.75, 3.05) is 37.7 Å². The van der Waals surface area contributed by atoms with Crippen LogP contribution in [0.2, 0.25) is 0 Å². The van der Waals surface area contributed by atoms with Gasteiger partial charge in [0.25, 0.3) is 11.8 Å². The van der Waals surface area contributed by atoms with E-state index in [1.807, 2.05) is 12.1 Å². The quantitative estimate of drug-likeness (QED) is 0.739. The summed E-state index contributed by atoms with van der Waals surface area (Å²) in [5.41, 5.74) is 0.622. The van der Waals surface area contributed by atoms with Crippen LogP contribution in [0.3, 0.4) is 0 Å².